The second kappa shape index (κ2) is 4.78. The smallest absolute Gasteiger partial charge is 0.150 e. The van der Waals surface area contributed by atoms with Crippen molar-refractivity contribution in [3.8, 4) is 11.5 Å². The molecule has 0 aliphatic carbocycles. The van der Waals surface area contributed by atoms with E-state index in [1.807, 2.05) is 67.5 Å². The van der Waals surface area contributed by atoms with Gasteiger partial charge in [0.15, 0.2) is 0 Å². The zero-order chi connectivity index (χ0) is 12.3. The number of ether oxygens (including phenoxy) is 1. The molecule has 0 radical (unpaired) electrons. The predicted octanol–water partition coefficient (Wildman–Crippen LogP) is 3.13. The summed E-state index contributed by atoms with van der Waals surface area (Å²) in [4.78, 5) is 2.00. The molecule has 0 bridgehead atoms. The molecule has 0 aliphatic heterocycles. The quantitative estimate of drug-likeness (QED) is 0.820. The van der Waals surface area contributed by atoms with Crippen LogP contribution in [0, 0.1) is 0 Å². The van der Waals surface area contributed by atoms with E-state index in [4.69, 9.17) is 10.5 Å². The summed E-state index contributed by atoms with van der Waals surface area (Å²) in [5, 5.41) is 0. The van der Waals surface area contributed by atoms with Crippen molar-refractivity contribution in [3.63, 3.8) is 0 Å². The van der Waals surface area contributed by atoms with Crippen LogP contribution in [0.1, 0.15) is 0 Å². The van der Waals surface area contributed by atoms with E-state index >= 15 is 0 Å². The van der Waals surface area contributed by atoms with Gasteiger partial charge in [0.05, 0.1) is 5.69 Å². The zero-order valence-corrected chi connectivity index (χ0v) is 10.1. The number of nitrogens with two attached hydrogens (primary N) is 1. The molecule has 2 N–H and O–H groups in total. The Hall–Kier alpha value is -2.16. The highest BCUT2D eigenvalue weighted by Gasteiger charge is 2.04. The lowest BCUT2D eigenvalue weighted by Gasteiger charge is -2.15. The summed E-state index contributed by atoms with van der Waals surface area (Å²) in [5.41, 5.74) is 7.65. The predicted molar refractivity (Wildman–Crippen MR) is 71.7 cm³/mol. The number of hydrogen-bond donors (Lipinski definition) is 1. The van der Waals surface area contributed by atoms with Gasteiger partial charge in [-0.1, -0.05) is 18.2 Å². The Morgan fingerprint density at radius 2 is 1.71 bits per heavy atom. The normalized spacial score (nSPS) is 10.0. The molecule has 2 aromatic carbocycles. The van der Waals surface area contributed by atoms with E-state index in [0.717, 1.165) is 11.4 Å². The van der Waals surface area contributed by atoms with Crippen LogP contribution >= 0.6 is 0 Å². The first kappa shape index (κ1) is 11.3. The van der Waals surface area contributed by atoms with Gasteiger partial charge in [-0.15, -0.1) is 0 Å². The van der Waals surface area contributed by atoms with Crippen LogP contribution < -0.4 is 15.4 Å². The molecular formula is C14H16N2O. The molecule has 0 fully saturated rings. The third-order valence-electron chi connectivity index (χ3n) is 2.48. The van der Waals surface area contributed by atoms with Gasteiger partial charge in [-0.2, -0.15) is 0 Å². The molecule has 0 unspecified atom stereocenters. The lowest BCUT2D eigenvalue weighted by atomic mass is 10.2. The minimum absolute atomic E-state index is 0.639. The third-order valence-corrected chi connectivity index (χ3v) is 2.48. The summed E-state index contributed by atoms with van der Waals surface area (Å²) in [5.74, 6) is 1.47. The summed E-state index contributed by atoms with van der Waals surface area (Å²) in [6.45, 7) is 0. The Morgan fingerprint density at radius 3 is 2.29 bits per heavy atom. The molecule has 0 heterocycles. The van der Waals surface area contributed by atoms with Crippen molar-refractivity contribution in [2.45, 2.75) is 0 Å². The van der Waals surface area contributed by atoms with E-state index in [2.05, 4.69) is 0 Å². The molecule has 0 spiro atoms. The van der Waals surface area contributed by atoms with E-state index in [-0.39, 0.29) is 0 Å². The summed E-state index contributed by atoms with van der Waals surface area (Å²) in [6.07, 6.45) is 0. The first-order valence-electron chi connectivity index (χ1n) is 5.46. The van der Waals surface area contributed by atoms with E-state index in [9.17, 15) is 0 Å². The molecule has 0 amide bonds. The average Bonchev–Trinajstić information content (AvgIpc) is 2.33. The number of rotatable bonds is 3. The van der Waals surface area contributed by atoms with Crippen molar-refractivity contribution in [1.82, 2.24) is 0 Å². The molecule has 0 saturated heterocycles. The molecule has 3 nitrogen and oxygen atoms in total. The maximum absolute atomic E-state index is 5.96. The summed E-state index contributed by atoms with van der Waals surface area (Å²) in [6, 6.07) is 15.4. The van der Waals surface area contributed by atoms with Crippen molar-refractivity contribution in [2.75, 3.05) is 24.7 Å². The van der Waals surface area contributed by atoms with Crippen LogP contribution in [-0.4, -0.2) is 14.1 Å². The molecule has 0 aliphatic rings. The van der Waals surface area contributed by atoms with Crippen LogP contribution in [0.15, 0.2) is 48.5 Å². The van der Waals surface area contributed by atoms with Gasteiger partial charge in [-0.05, 0) is 30.3 Å². The number of hydrogen-bond acceptors (Lipinski definition) is 3. The first-order valence-corrected chi connectivity index (χ1v) is 5.46. The van der Waals surface area contributed by atoms with E-state index in [1.54, 1.807) is 0 Å². The fourth-order valence-corrected chi connectivity index (χ4v) is 1.52. The highest BCUT2D eigenvalue weighted by Crippen LogP contribution is 2.30. The highest BCUT2D eigenvalue weighted by molar-refractivity contribution is 5.63. The molecule has 0 saturated carbocycles. The Labute approximate surface area is 101 Å². The number of para-hydroxylation sites is 1. The third kappa shape index (κ3) is 2.69. The number of anilines is 2. The lowest BCUT2D eigenvalue weighted by molar-refractivity contribution is 0.485. The van der Waals surface area contributed by atoms with Gasteiger partial charge >= 0.3 is 0 Å². The molecule has 2 aromatic rings. The number of nitrogen functional groups attached to an aromatic ring is 1. The Kier molecular flexibility index (Phi) is 3.19. The molecule has 0 aromatic heterocycles. The maximum Gasteiger partial charge on any atom is 0.150 e. The Bertz CT molecular complexity index is 495. The fraction of sp³-hybridized carbons (Fsp3) is 0.143. The molecular weight excluding hydrogens is 212 g/mol. The minimum atomic E-state index is 0.639. The van der Waals surface area contributed by atoms with Gasteiger partial charge in [-0.25, -0.2) is 0 Å². The molecule has 17 heavy (non-hydrogen) atoms. The maximum atomic E-state index is 5.96. The summed E-state index contributed by atoms with van der Waals surface area (Å²) in [7, 11) is 3.96. The van der Waals surface area contributed by atoms with Crippen LogP contribution in [0.25, 0.3) is 0 Å². The van der Waals surface area contributed by atoms with Crippen molar-refractivity contribution in [1.29, 1.82) is 0 Å². The topological polar surface area (TPSA) is 38.5 Å². The van der Waals surface area contributed by atoms with E-state index in [1.165, 1.54) is 0 Å². The molecule has 2 rings (SSSR count). The second-order valence-electron chi connectivity index (χ2n) is 4.03. The average molecular weight is 228 g/mol. The van der Waals surface area contributed by atoms with Crippen molar-refractivity contribution in [2.24, 2.45) is 0 Å². The van der Waals surface area contributed by atoms with Gasteiger partial charge in [0.1, 0.15) is 11.5 Å². The van der Waals surface area contributed by atoms with Gasteiger partial charge in [-0.3, -0.25) is 0 Å². The lowest BCUT2D eigenvalue weighted by Crippen LogP contribution is -2.08. The molecule has 88 valence electrons. The summed E-state index contributed by atoms with van der Waals surface area (Å²) < 4.78 is 5.70. The van der Waals surface area contributed by atoms with Crippen LogP contribution in [0.4, 0.5) is 11.4 Å². The molecule has 0 atom stereocenters. The molecule has 3 heteroatoms. The number of nitrogens with zero attached hydrogens (tertiary/aromatic N) is 1. The Morgan fingerprint density at radius 1 is 1.00 bits per heavy atom. The monoisotopic (exact) mass is 228 g/mol. The van der Waals surface area contributed by atoms with Gasteiger partial charge in [0.25, 0.3) is 0 Å². The standard InChI is InChI=1S/C14H16N2O/c1-16(2)11-8-9-14(13(15)10-11)17-12-6-4-3-5-7-12/h3-10H,15H2,1-2H3. The van der Waals surface area contributed by atoms with Crippen molar-refractivity contribution >= 4 is 11.4 Å². The number of benzene rings is 2. The summed E-state index contributed by atoms with van der Waals surface area (Å²) >= 11 is 0. The minimum Gasteiger partial charge on any atom is -0.455 e. The largest absolute Gasteiger partial charge is 0.455 e. The van der Waals surface area contributed by atoms with Crippen LogP contribution in [0.2, 0.25) is 0 Å². The SMILES string of the molecule is CN(C)c1ccc(Oc2ccccc2)c(N)c1. The van der Waals surface area contributed by atoms with E-state index in [0.29, 0.717) is 11.4 Å². The van der Waals surface area contributed by atoms with Gasteiger partial charge < -0.3 is 15.4 Å². The highest BCUT2D eigenvalue weighted by atomic mass is 16.5. The fourth-order valence-electron chi connectivity index (χ4n) is 1.52. The zero-order valence-electron chi connectivity index (χ0n) is 10.1. The van der Waals surface area contributed by atoms with Crippen molar-refractivity contribution in [3.05, 3.63) is 48.5 Å². The van der Waals surface area contributed by atoms with E-state index < -0.39 is 0 Å². The van der Waals surface area contributed by atoms with Crippen LogP contribution in [0.5, 0.6) is 11.5 Å². The van der Waals surface area contributed by atoms with Gasteiger partial charge in [0.2, 0.25) is 0 Å². The van der Waals surface area contributed by atoms with Crippen LogP contribution in [0.3, 0.4) is 0 Å². The second-order valence-corrected chi connectivity index (χ2v) is 4.03. The first-order chi connectivity index (χ1) is 8.16. The van der Waals surface area contributed by atoms with Crippen molar-refractivity contribution < 1.29 is 4.74 Å². The van der Waals surface area contributed by atoms with Gasteiger partial charge in [0, 0.05) is 19.8 Å². The van der Waals surface area contributed by atoms with Crippen LogP contribution in [-0.2, 0) is 0 Å². The Balaban J connectivity index is 2.23.